The van der Waals surface area contributed by atoms with E-state index in [1.165, 1.54) is 5.56 Å². The molecule has 1 saturated heterocycles. The average molecular weight is 217 g/mol. The summed E-state index contributed by atoms with van der Waals surface area (Å²) in [5.74, 6) is -0.114. The van der Waals surface area contributed by atoms with Crippen molar-refractivity contribution < 1.29 is 9.90 Å². The Bertz CT molecular complexity index is 405. The molecule has 2 aliphatic rings. The van der Waals surface area contributed by atoms with Crippen LogP contribution in [0, 0.1) is 0 Å². The quantitative estimate of drug-likeness (QED) is 0.837. The maximum atomic E-state index is 11.1. The Balaban J connectivity index is 1.66. The molecule has 2 fully saturated rings. The molecule has 1 aliphatic heterocycles. The van der Waals surface area contributed by atoms with Gasteiger partial charge in [-0.15, -0.1) is 0 Å². The number of nitrogens with zero attached hydrogens (tertiary/aromatic N) is 1. The van der Waals surface area contributed by atoms with Gasteiger partial charge in [0.25, 0.3) is 0 Å². The first-order valence-electron chi connectivity index (χ1n) is 5.76. The second-order valence-electron chi connectivity index (χ2n) is 4.85. The minimum absolute atomic E-state index is 0.495. The number of carboxylic acids is 1. The number of hydrogen-bond donors (Lipinski definition) is 1. The summed E-state index contributed by atoms with van der Waals surface area (Å²) in [7, 11) is 0. The van der Waals surface area contributed by atoms with Crippen LogP contribution in [-0.2, 0) is 4.79 Å². The van der Waals surface area contributed by atoms with Crippen LogP contribution >= 0.6 is 0 Å². The van der Waals surface area contributed by atoms with Crippen LogP contribution < -0.4 is 0 Å². The summed E-state index contributed by atoms with van der Waals surface area (Å²) in [6.07, 6.45) is 1.65. The Morgan fingerprint density at radius 1 is 1.25 bits per heavy atom. The van der Waals surface area contributed by atoms with Crippen molar-refractivity contribution in [1.82, 2.24) is 4.90 Å². The summed E-state index contributed by atoms with van der Waals surface area (Å²) in [6.45, 7) is 1.80. The summed E-state index contributed by atoms with van der Waals surface area (Å²) in [5.41, 5.74) is 0.839. The first-order chi connectivity index (χ1) is 7.72. The van der Waals surface area contributed by atoms with E-state index in [1.807, 2.05) is 18.2 Å². The van der Waals surface area contributed by atoms with E-state index in [0.29, 0.717) is 5.92 Å². The van der Waals surface area contributed by atoms with E-state index in [2.05, 4.69) is 17.0 Å². The molecule has 0 bridgehead atoms. The highest BCUT2D eigenvalue weighted by atomic mass is 16.4. The van der Waals surface area contributed by atoms with E-state index >= 15 is 0 Å². The van der Waals surface area contributed by atoms with Crippen molar-refractivity contribution in [2.75, 3.05) is 13.1 Å². The summed E-state index contributed by atoms with van der Waals surface area (Å²) in [6, 6.07) is 10.4. The molecular weight excluding hydrogens is 202 g/mol. The lowest BCUT2D eigenvalue weighted by Crippen LogP contribution is -2.55. The van der Waals surface area contributed by atoms with Gasteiger partial charge in [-0.3, -0.25) is 9.69 Å². The third-order valence-corrected chi connectivity index (χ3v) is 3.88. The molecule has 1 N–H and O–H groups in total. The van der Waals surface area contributed by atoms with Gasteiger partial charge in [0.1, 0.15) is 5.54 Å². The topological polar surface area (TPSA) is 40.5 Å². The van der Waals surface area contributed by atoms with Gasteiger partial charge in [-0.2, -0.15) is 0 Å². The molecule has 0 aromatic heterocycles. The lowest BCUT2D eigenvalue weighted by molar-refractivity contribution is -0.147. The van der Waals surface area contributed by atoms with Gasteiger partial charge in [0.15, 0.2) is 0 Å². The molecule has 16 heavy (non-hydrogen) atoms. The molecule has 0 amide bonds. The maximum absolute atomic E-state index is 11.1. The van der Waals surface area contributed by atoms with Crippen LogP contribution in [0.1, 0.15) is 24.3 Å². The summed E-state index contributed by atoms with van der Waals surface area (Å²) >= 11 is 0. The fraction of sp³-hybridized carbons (Fsp3) is 0.462. The molecular formula is C13H15NO2. The number of rotatable bonds is 3. The number of benzene rings is 1. The van der Waals surface area contributed by atoms with Gasteiger partial charge < -0.3 is 5.11 Å². The van der Waals surface area contributed by atoms with Gasteiger partial charge in [-0.25, -0.2) is 0 Å². The van der Waals surface area contributed by atoms with Gasteiger partial charge in [-0.1, -0.05) is 30.3 Å². The minimum atomic E-state index is -0.640. The van der Waals surface area contributed by atoms with Crippen molar-refractivity contribution >= 4 is 5.97 Å². The van der Waals surface area contributed by atoms with E-state index in [9.17, 15) is 4.79 Å². The Morgan fingerprint density at radius 3 is 2.38 bits per heavy atom. The van der Waals surface area contributed by atoms with Crippen molar-refractivity contribution in [3.8, 4) is 0 Å². The molecule has 0 radical (unpaired) electrons. The predicted octanol–water partition coefficient (Wildman–Crippen LogP) is 1.70. The number of carboxylic acid groups (broad SMARTS) is 1. The summed E-state index contributed by atoms with van der Waals surface area (Å²) < 4.78 is 0. The number of hydrogen-bond acceptors (Lipinski definition) is 2. The Labute approximate surface area is 94.7 Å². The van der Waals surface area contributed by atoms with Gasteiger partial charge in [0, 0.05) is 19.0 Å². The van der Waals surface area contributed by atoms with Crippen LogP contribution in [0.25, 0.3) is 0 Å². The highest BCUT2D eigenvalue weighted by molar-refractivity contribution is 5.82. The van der Waals surface area contributed by atoms with Crippen LogP contribution in [0.15, 0.2) is 30.3 Å². The molecule has 0 atom stereocenters. The van der Waals surface area contributed by atoms with E-state index in [4.69, 9.17) is 5.11 Å². The molecule has 3 heteroatoms. The molecule has 84 valence electrons. The number of aliphatic carboxylic acids is 1. The van der Waals surface area contributed by atoms with E-state index in [1.54, 1.807) is 0 Å². The summed E-state index contributed by atoms with van der Waals surface area (Å²) in [4.78, 5) is 13.2. The molecule has 1 aliphatic carbocycles. The van der Waals surface area contributed by atoms with E-state index in [0.717, 1.165) is 25.9 Å². The zero-order valence-corrected chi connectivity index (χ0v) is 9.10. The predicted molar refractivity (Wildman–Crippen MR) is 60.4 cm³/mol. The average Bonchev–Trinajstić information content (AvgIpc) is 2.98. The second kappa shape index (κ2) is 3.32. The van der Waals surface area contributed by atoms with Crippen LogP contribution in [0.3, 0.4) is 0 Å². The fourth-order valence-corrected chi connectivity index (χ4v) is 2.55. The summed E-state index contributed by atoms with van der Waals surface area (Å²) in [5, 5.41) is 9.15. The standard InChI is InChI=1S/C13H15NO2/c15-12(16)13(6-7-13)14-8-11(9-14)10-4-2-1-3-5-10/h1-5,11H,6-9H2,(H,15,16). The number of likely N-dealkylation sites (tertiary alicyclic amines) is 1. The minimum Gasteiger partial charge on any atom is -0.480 e. The monoisotopic (exact) mass is 217 g/mol. The highest BCUT2D eigenvalue weighted by Gasteiger charge is 2.58. The van der Waals surface area contributed by atoms with Gasteiger partial charge in [0.2, 0.25) is 0 Å². The third kappa shape index (κ3) is 1.35. The van der Waals surface area contributed by atoms with Crippen molar-refractivity contribution in [1.29, 1.82) is 0 Å². The zero-order valence-electron chi connectivity index (χ0n) is 9.10. The SMILES string of the molecule is O=C(O)C1(N2CC(c3ccccc3)C2)CC1. The first kappa shape index (κ1) is 9.85. The molecule has 0 unspecified atom stereocenters. The Kier molecular flexibility index (Phi) is 2.04. The molecule has 3 nitrogen and oxygen atoms in total. The highest BCUT2D eigenvalue weighted by Crippen LogP contribution is 2.47. The van der Waals surface area contributed by atoms with Crippen molar-refractivity contribution in [3.63, 3.8) is 0 Å². The molecule has 0 spiro atoms. The largest absolute Gasteiger partial charge is 0.480 e. The fourth-order valence-electron chi connectivity index (χ4n) is 2.55. The van der Waals surface area contributed by atoms with Crippen LogP contribution in [0.5, 0.6) is 0 Å². The number of carbonyl (C=O) groups is 1. The first-order valence-corrected chi connectivity index (χ1v) is 5.76. The lowest BCUT2D eigenvalue weighted by atomic mass is 9.89. The van der Waals surface area contributed by atoms with Gasteiger partial charge in [0.05, 0.1) is 0 Å². The van der Waals surface area contributed by atoms with Gasteiger partial charge >= 0.3 is 5.97 Å². The van der Waals surface area contributed by atoms with Crippen LogP contribution in [0.4, 0.5) is 0 Å². The van der Waals surface area contributed by atoms with Crippen molar-refractivity contribution in [2.24, 2.45) is 0 Å². The molecule has 1 aromatic rings. The van der Waals surface area contributed by atoms with Crippen LogP contribution in [0.2, 0.25) is 0 Å². The molecule has 1 saturated carbocycles. The molecule has 3 rings (SSSR count). The lowest BCUT2D eigenvalue weighted by Gasteiger charge is -2.43. The van der Waals surface area contributed by atoms with Crippen LogP contribution in [-0.4, -0.2) is 34.6 Å². The smallest absolute Gasteiger partial charge is 0.324 e. The maximum Gasteiger partial charge on any atom is 0.324 e. The van der Waals surface area contributed by atoms with E-state index < -0.39 is 11.5 Å². The van der Waals surface area contributed by atoms with Crippen molar-refractivity contribution in [3.05, 3.63) is 35.9 Å². The zero-order chi connectivity index (χ0) is 11.2. The second-order valence-corrected chi connectivity index (χ2v) is 4.85. The Hall–Kier alpha value is -1.35. The third-order valence-electron chi connectivity index (χ3n) is 3.88. The normalized spacial score (nSPS) is 23.8. The van der Waals surface area contributed by atoms with Gasteiger partial charge in [-0.05, 0) is 18.4 Å². The van der Waals surface area contributed by atoms with E-state index in [-0.39, 0.29) is 0 Å². The van der Waals surface area contributed by atoms with Crippen molar-refractivity contribution in [2.45, 2.75) is 24.3 Å². The molecule has 1 aromatic carbocycles. The Morgan fingerprint density at radius 2 is 1.88 bits per heavy atom. The molecule has 1 heterocycles.